The van der Waals surface area contributed by atoms with Gasteiger partial charge in [0.05, 0.1) is 24.9 Å². The van der Waals surface area contributed by atoms with Gasteiger partial charge < -0.3 is 52.8 Å². The van der Waals surface area contributed by atoms with Crippen LogP contribution < -0.4 is 19.0 Å². The number of allylic oxidation sites excluding steroid dienone is 3. The third-order valence-electron chi connectivity index (χ3n) is 19.0. The van der Waals surface area contributed by atoms with Gasteiger partial charge >= 0.3 is 34.9 Å². The van der Waals surface area contributed by atoms with Gasteiger partial charge in [-0.05, 0) is 212 Å². The molecule has 0 aromatic heterocycles. The van der Waals surface area contributed by atoms with E-state index in [2.05, 4.69) is 34.9 Å². The second-order valence-electron chi connectivity index (χ2n) is 28.2. The third kappa shape index (κ3) is 31.2. The molecule has 8 aromatic carbocycles. The molecule has 0 amide bonds. The Bertz CT molecular complexity index is 4870. The van der Waals surface area contributed by atoms with E-state index in [1.165, 1.54) is 54.3 Å². The minimum atomic E-state index is -4.78. The lowest BCUT2D eigenvalue weighted by Crippen LogP contribution is -2.31. The minimum absolute atomic E-state index is 0.0158. The van der Waals surface area contributed by atoms with Crippen LogP contribution in [-0.2, 0) is 45.0 Å². The standard InChI is InChI=1S/C27H20F8O2.C14H16FIO.C14H19FO2.C14H17FO.C13H5BF7O3.C4H8O.H2O5P2/c1-2-3-14-4-7-24(36-13-14)15-5-6-18(19(28)8-15)16-9-20(29)25(21(30)10-16)27(34,35)37-17-11-22(31)26(33)23(32)12-17;1-2-3-10-4-7-14(17-9-10)11-5-6-13(16)12(15)8-11;1-2-4-10-7-8-13(17-14(10)16)11-5-3-6-12(15)9-11;1-2-4-11-7-8-14(16-10-11)12-5-3-6-13(15)9-12;15-7-3-6(24-14-22)4-8(16)11(7)13(20,21)23-5-1-9(17)12(19)10(18)2-5;1-2-4-5-3-1;1-6(2)7(3,4)5/h5-6,8-13,24H,2-4,7H2,1H3;5-6,8-9,14H,2-4,7H2,1H3;3,5-6,9-10,13-14,16H,2,4,7-8H2,1H3;3,5-6,9-10,14H,2,4,7-8H2,1H3;1-4,22H;1-4H2;(H2,3,4,5). The first-order valence-corrected chi connectivity index (χ1v) is 43.3. The van der Waals surface area contributed by atoms with Crippen LogP contribution >= 0.6 is 37.6 Å². The maximum absolute atomic E-state index is 14.9. The van der Waals surface area contributed by atoms with Crippen molar-refractivity contribution in [1.82, 2.24) is 0 Å². The largest absolute Gasteiger partial charge is 0.588 e. The maximum atomic E-state index is 14.9. The topological polar surface area (TPSA) is 212 Å². The molecular formula is C86H87BF18IO15P2. The molecule has 5 aliphatic heterocycles. The van der Waals surface area contributed by atoms with E-state index in [-0.39, 0.29) is 84.8 Å². The highest BCUT2D eigenvalue weighted by atomic mass is 127. The Morgan fingerprint density at radius 2 is 0.870 bits per heavy atom. The number of aliphatic hydroxyl groups excluding tert-OH is 1. The van der Waals surface area contributed by atoms with Crippen LogP contribution in [0.2, 0.25) is 0 Å². The van der Waals surface area contributed by atoms with Crippen molar-refractivity contribution in [2.45, 2.75) is 186 Å². The minimum Gasteiger partial charge on any atom is -0.588 e. The quantitative estimate of drug-likeness (QED) is 0.0163. The fourth-order valence-corrected chi connectivity index (χ4v) is 13.4. The van der Waals surface area contributed by atoms with Gasteiger partial charge in [0, 0.05) is 64.7 Å². The predicted octanol–water partition coefficient (Wildman–Crippen LogP) is 25.0. The second-order valence-corrected chi connectivity index (χ2v) is 33.5. The molecule has 123 heavy (non-hydrogen) atoms. The Labute approximate surface area is 713 Å². The first-order chi connectivity index (χ1) is 58.3. The molecule has 0 bridgehead atoms. The summed E-state index contributed by atoms with van der Waals surface area (Å²) in [6, 6.07) is 24.3. The molecule has 0 saturated carbocycles. The smallest absolute Gasteiger partial charge is 0.569 e. The monoisotopic (exact) mass is 1900 g/mol. The van der Waals surface area contributed by atoms with Crippen molar-refractivity contribution in [3.63, 3.8) is 0 Å². The average Bonchev–Trinajstić information content (AvgIpc) is 0.999. The summed E-state index contributed by atoms with van der Waals surface area (Å²) in [5, 5.41) is 18.2. The molecule has 8 aromatic rings. The number of hydrogen-bond acceptors (Lipinski definition) is 13. The Kier molecular flexibility index (Phi) is 40.2. The first-order valence-electron chi connectivity index (χ1n) is 38.7. The van der Waals surface area contributed by atoms with Crippen LogP contribution in [0.1, 0.15) is 201 Å². The molecule has 37 heteroatoms. The van der Waals surface area contributed by atoms with Gasteiger partial charge in [0.15, 0.2) is 41.2 Å². The van der Waals surface area contributed by atoms with Gasteiger partial charge in [-0.3, -0.25) is 9.79 Å². The molecule has 15 nitrogen and oxygen atoms in total. The molecule has 7 unspecified atom stereocenters. The summed E-state index contributed by atoms with van der Waals surface area (Å²) in [4.78, 5) is 24.5. The Morgan fingerprint density at radius 1 is 0.488 bits per heavy atom. The normalized spacial score (nSPS) is 18.1. The molecule has 0 spiro atoms. The molecule has 0 aliphatic carbocycles. The summed E-state index contributed by atoms with van der Waals surface area (Å²) in [5.74, 6) is -22.7. The molecule has 5 heterocycles. The van der Waals surface area contributed by atoms with E-state index in [1.807, 2.05) is 60.2 Å². The van der Waals surface area contributed by atoms with E-state index >= 15 is 0 Å². The fourth-order valence-electron chi connectivity index (χ4n) is 13.0. The fraction of sp³-hybridized carbons (Fsp3) is 0.372. The van der Waals surface area contributed by atoms with Crippen molar-refractivity contribution in [2.75, 3.05) is 13.2 Å². The Balaban J connectivity index is 0.000000211. The van der Waals surface area contributed by atoms with Crippen LogP contribution in [0.4, 0.5) is 79.0 Å². The zero-order valence-corrected chi connectivity index (χ0v) is 70.4. The molecule has 13 rings (SSSR count). The maximum Gasteiger partial charge on any atom is 0.569 e. The van der Waals surface area contributed by atoms with Gasteiger partial charge in [0.25, 0.3) is 0 Å². The lowest BCUT2D eigenvalue weighted by molar-refractivity contribution is -0.197. The summed E-state index contributed by atoms with van der Waals surface area (Å²) in [5.41, 5.74) is 2.72. The van der Waals surface area contributed by atoms with Gasteiger partial charge in [-0.2, -0.15) is 17.6 Å². The number of aliphatic hydroxyl groups is 1. The van der Waals surface area contributed by atoms with Gasteiger partial charge in [-0.1, -0.05) is 100 Å². The highest BCUT2D eigenvalue weighted by Crippen LogP contribution is 2.56. The third-order valence-corrected chi connectivity index (χ3v) is 21.5. The molecule has 4 N–H and O–H groups in total. The van der Waals surface area contributed by atoms with Crippen LogP contribution in [0.15, 0.2) is 169 Å². The van der Waals surface area contributed by atoms with Gasteiger partial charge in [-0.25, -0.2) is 66.0 Å². The Hall–Kier alpha value is -8.64. The van der Waals surface area contributed by atoms with Gasteiger partial charge in [0.2, 0.25) is 0 Å². The highest BCUT2D eigenvalue weighted by molar-refractivity contribution is 14.1. The SMILES string of the molecule is C1CCOC1.CCCC1=COC(c2ccc(-c3cc(F)c(C(F)(F)Oc4cc(F)c(F)c(F)c4)c(F)c3)c(F)c2)CC1.CCCC1=COC(c2ccc(I)c(F)c2)CC1.CCCC1=COC(c2cccc(F)c2)CC1.CCCC1CCC(c2cccc(F)c2)OC1O.O=[P+]([O-])P(=O)(O)O.O[B]Oc1cc(F)c(C(F)(F)Oc2cc(F)c(F)c(F)c2)c(F)c1. The van der Waals surface area contributed by atoms with Crippen molar-refractivity contribution >= 4 is 45.3 Å². The number of ether oxygens (including phenoxy) is 7. The highest BCUT2D eigenvalue weighted by Gasteiger charge is 2.44. The summed E-state index contributed by atoms with van der Waals surface area (Å²) in [7, 11) is -8.30. The summed E-state index contributed by atoms with van der Waals surface area (Å²) in [6.45, 7) is 10.5. The molecule has 2 saturated heterocycles. The van der Waals surface area contributed by atoms with Crippen LogP contribution in [0.3, 0.4) is 0 Å². The lowest BCUT2D eigenvalue weighted by atomic mass is 9.90. The summed E-state index contributed by atoms with van der Waals surface area (Å²) >= 11 is 2.00. The lowest BCUT2D eigenvalue weighted by Gasteiger charge is -2.33. The summed E-state index contributed by atoms with van der Waals surface area (Å²) < 4.78 is 306. The first kappa shape index (κ1) is 101. The van der Waals surface area contributed by atoms with Crippen molar-refractivity contribution in [3.8, 4) is 28.4 Å². The van der Waals surface area contributed by atoms with Crippen LogP contribution in [0.25, 0.3) is 11.1 Å². The Morgan fingerprint density at radius 3 is 1.20 bits per heavy atom. The van der Waals surface area contributed by atoms with Crippen LogP contribution in [-0.4, -0.2) is 47.1 Å². The van der Waals surface area contributed by atoms with Crippen molar-refractivity contribution < 1.29 is 151 Å². The van der Waals surface area contributed by atoms with Gasteiger partial charge in [0.1, 0.15) is 93.2 Å². The molecular weight excluding hydrogens is 1810 g/mol. The molecule has 2 fully saturated rings. The van der Waals surface area contributed by atoms with E-state index in [9.17, 15) is 98.2 Å². The second kappa shape index (κ2) is 48.7. The van der Waals surface area contributed by atoms with E-state index in [4.69, 9.17) is 38.5 Å². The predicted molar refractivity (Wildman–Crippen MR) is 426 cm³/mol. The number of rotatable bonds is 22. The van der Waals surface area contributed by atoms with Gasteiger partial charge in [-0.15, -0.1) is 0 Å². The van der Waals surface area contributed by atoms with Crippen LogP contribution in [0, 0.1) is 90.9 Å². The number of halogens is 19. The summed E-state index contributed by atoms with van der Waals surface area (Å²) in [6.07, 6.45) is 12.9. The molecule has 1 radical (unpaired) electrons. The van der Waals surface area contributed by atoms with Crippen LogP contribution in [0.5, 0.6) is 17.2 Å². The molecule has 5 aliphatic rings. The number of alkyl halides is 4. The van der Waals surface area contributed by atoms with E-state index < -0.39 is 132 Å². The van der Waals surface area contributed by atoms with Crippen molar-refractivity contribution in [3.05, 3.63) is 287 Å². The van der Waals surface area contributed by atoms with Crippen molar-refractivity contribution in [1.29, 1.82) is 0 Å². The van der Waals surface area contributed by atoms with Crippen molar-refractivity contribution in [2.24, 2.45) is 5.92 Å². The molecule has 667 valence electrons. The van der Waals surface area contributed by atoms with E-state index in [0.29, 0.717) is 39.8 Å². The van der Waals surface area contributed by atoms with E-state index in [1.54, 1.807) is 36.6 Å². The molecule has 7 atom stereocenters. The average molecular weight is 1900 g/mol. The number of benzene rings is 8. The zero-order valence-electron chi connectivity index (χ0n) is 66.5. The zero-order chi connectivity index (χ0) is 90.5. The number of hydrogen-bond donors (Lipinski definition) is 4. The van der Waals surface area contributed by atoms with E-state index in [0.717, 1.165) is 138 Å².